The lowest BCUT2D eigenvalue weighted by Crippen LogP contribution is -2.49. The molecule has 1 saturated heterocycles. The first kappa shape index (κ1) is 16.7. The normalized spacial score (nSPS) is 15.9. The molecule has 122 valence electrons. The van der Waals surface area contributed by atoms with Crippen LogP contribution < -0.4 is 9.62 Å². The van der Waals surface area contributed by atoms with E-state index in [0.717, 1.165) is 30.6 Å². The number of hydrogen-bond donors (Lipinski definition) is 1. The molecule has 0 saturated carbocycles. The summed E-state index contributed by atoms with van der Waals surface area (Å²) in [6.45, 7) is 5.03. The van der Waals surface area contributed by atoms with E-state index in [1.807, 2.05) is 19.2 Å². The van der Waals surface area contributed by atoms with Crippen LogP contribution in [0.2, 0.25) is 0 Å². The van der Waals surface area contributed by atoms with Gasteiger partial charge in [-0.05, 0) is 18.6 Å². The van der Waals surface area contributed by atoms with Crippen LogP contribution in [0.15, 0.2) is 18.5 Å². The number of carbonyl (C=O) groups excluding carboxylic acids is 1. The minimum atomic E-state index is -3.23. The molecule has 1 amide bonds. The highest BCUT2D eigenvalue weighted by Crippen LogP contribution is 2.19. The zero-order chi connectivity index (χ0) is 16.2. The van der Waals surface area contributed by atoms with Gasteiger partial charge in [0.05, 0.1) is 6.26 Å². The molecule has 7 nitrogen and oxygen atoms in total. The number of carbonyl (C=O) groups is 1. The molecule has 22 heavy (non-hydrogen) atoms. The van der Waals surface area contributed by atoms with E-state index >= 15 is 0 Å². The molecule has 1 fully saturated rings. The van der Waals surface area contributed by atoms with Crippen LogP contribution in [0, 0.1) is 6.92 Å². The summed E-state index contributed by atoms with van der Waals surface area (Å²) in [6, 6.07) is 1.99. The molecule has 2 heterocycles. The van der Waals surface area contributed by atoms with Gasteiger partial charge in [-0.2, -0.15) is 0 Å². The first-order chi connectivity index (χ1) is 10.4. The number of aromatic nitrogens is 1. The van der Waals surface area contributed by atoms with Crippen molar-refractivity contribution in [2.45, 2.75) is 13.3 Å². The summed E-state index contributed by atoms with van der Waals surface area (Å²) in [5.41, 5.74) is 2.28. The molecule has 1 aromatic heterocycles. The van der Waals surface area contributed by atoms with E-state index < -0.39 is 10.0 Å². The molecule has 1 aliphatic rings. The van der Waals surface area contributed by atoms with Crippen molar-refractivity contribution in [1.29, 1.82) is 0 Å². The van der Waals surface area contributed by atoms with Crippen LogP contribution in [0.1, 0.15) is 12.0 Å². The second-order valence-corrected chi connectivity index (χ2v) is 7.28. The third-order valence-electron chi connectivity index (χ3n) is 3.67. The molecular formula is C14H22N4O3S. The van der Waals surface area contributed by atoms with E-state index in [-0.39, 0.29) is 18.9 Å². The Balaban J connectivity index is 1.82. The minimum Gasteiger partial charge on any atom is -0.368 e. The van der Waals surface area contributed by atoms with Crippen LogP contribution in [0.25, 0.3) is 0 Å². The fourth-order valence-corrected chi connectivity index (χ4v) is 2.99. The van der Waals surface area contributed by atoms with Gasteiger partial charge in [0.1, 0.15) is 0 Å². The third-order valence-corrected chi connectivity index (χ3v) is 4.40. The number of rotatable bonds is 5. The van der Waals surface area contributed by atoms with Crippen molar-refractivity contribution in [3.8, 4) is 0 Å². The zero-order valence-corrected chi connectivity index (χ0v) is 13.8. The molecule has 0 radical (unpaired) electrons. The van der Waals surface area contributed by atoms with Gasteiger partial charge < -0.3 is 9.80 Å². The first-order valence-electron chi connectivity index (χ1n) is 7.25. The second-order valence-electron chi connectivity index (χ2n) is 5.45. The molecule has 1 N–H and O–H groups in total. The number of nitrogens with one attached hydrogen (secondary N) is 1. The van der Waals surface area contributed by atoms with E-state index in [2.05, 4.69) is 14.6 Å². The van der Waals surface area contributed by atoms with E-state index in [1.165, 1.54) is 0 Å². The van der Waals surface area contributed by atoms with Crippen LogP contribution >= 0.6 is 0 Å². The number of piperazine rings is 1. The molecule has 1 aliphatic heterocycles. The van der Waals surface area contributed by atoms with Crippen molar-refractivity contribution in [3.63, 3.8) is 0 Å². The monoisotopic (exact) mass is 326 g/mol. The highest BCUT2D eigenvalue weighted by Gasteiger charge is 2.21. The maximum Gasteiger partial charge on any atom is 0.224 e. The van der Waals surface area contributed by atoms with Crippen molar-refractivity contribution < 1.29 is 13.2 Å². The van der Waals surface area contributed by atoms with E-state index in [9.17, 15) is 13.2 Å². The van der Waals surface area contributed by atoms with Crippen molar-refractivity contribution >= 4 is 21.6 Å². The number of hydrogen-bond acceptors (Lipinski definition) is 5. The Morgan fingerprint density at radius 3 is 2.59 bits per heavy atom. The van der Waals surface area contributed by atoms with Crippen LogP contribution in [-0.2, 0) is 14.8 Å². The lowest BCUT2D eigenvalue weighted by Gasteiger charge is -2.36. The Kier molecular flexibility index (Phi) is 5.36. The largest absolute Gasteiger partial charge is 0.368 e. The highest BCUT2D eigenvalue weighted by atomic mass is 32.2. The molecule has 0 aromatic carbocycles. The molecule has 8 heteroatoms. The first-order valence-corrected chi connectivity index (χ1v) is 9.14. The zero-order valence-electron chi connectivity index (χ0n) is 12.9. The molecule has 0 atom stereocenters. The Labute approximate surface area is 131 Å². The lowest BCUT2D eigenvalue weighted by atomic mass is 10.2. The Morgan fingerprint density at radius 1 is 1.32 bits per heavy atom. The van der Waals surface area contributed by atoms with Gasteiger partial charge in [-0.25, -0.2) is 13.1 Å². The van der Waals surface area contributed by atoms with E-state index in [4.69, 9.17) is 0 Å². The average molecular weight is 326 g/mol. The van der Waals surface area contributed by atoms with Gasteiger partial charge in [0.2, 0.25) is 15.9 Å². The van der Waals surface area contributed by atoms with E-state index in [1.54, 1.807) is 11.1 Å². The second kappa shape index (κ2) is 7.06. The fourth-order valence-electron chi connectivity index (χ4n) is 2.52. The summed E-state index contributed by atoms with van der Waals surface area (Å²) in [4.78, 5) is 20.2. The molecule has 0 aliphatic carbocycles. The minimum absolute atomic E-state index is 0.0118. The van der Waals surface area contributed by atoms with Gasteiger partial charge in [0, 0.05) is 57.2 Å². The molecule has 0 spiro atoms. The number of sulfonamides is 1. The topological polar surface area (TPSA) is 82.6 Å². The number of nitrogens with zero attached hydrogens (tertiary/aromatic N) is 3. The summed E-state index contributed by atoms with van der Waals surface area (Å²) < 4.78 is 24.3. The molecule has 2 rings (SSSR count). The predicted molar refractivity (Wildman–Crippen MR) is 85.2 cm³/mol. The Hall–Kier alpha value is -1.67. The smallest absolute Gasteiger partial charge is 0.224 e. The van der Waals surface area contributed by atoms with Gasteiger partial charge >= 0.3 is 0 Å². The number of anilines is 1. The van der Waals surface area contributed by atoms with Gasteiger partial charge in [-0.15, -0.1) is 0 Å². The van der Waals surface area contributed by atoms with Crippen molar-refractivity contribution in [1.82, 2.24) is 14.6 Å². The quantitative estimate of drug-likeness (QED) is 0.822. The summed E-state index contributed by atoms with van der Waals surface area (Å²) >= 11 is 0. The van der Waals surface area contributed by atoms with Gasteiger partial charge in [0.15, 0.2) is 0 Å². The van der Waals surface area contributed by atoms with Crippen molar-refractivity contribution in [2.75, 3.05) is 43.9 Å². The lowest BCUT2D eigenvalue weighted by molar-refractivity contribution is -0.131. The van der Waals surface area contributed by atoms with Crippen molar-refractivity contribution in [2.24, 2.45) is 0 Å². The Morgan fingerprint density at radius 2 is 2.00 bits per heavy atom. The van der Waals surface area contributed by atoms with Crippen LogP contribution in [0.5, 0.6) is 0 Å². The molecule has 1 aromatic rings. The maximum atomic E-state index is 12.1. The summed E-state index contributed by atoms with van der Waals surface area (Å²) in [7, 11) is -3.23. The molecule has 0 bridgehead atoms. The summed E-state index contributed by atoms with van der Waals surface area (Å²) in [5.74, 6) is -0.0118. The SMILES string of the molecule is Cc1cnccc1N1CCN(C(=O)CCNS(C)(=O)=O)CC1. The van der Waals surface area contributed by atoms with E-state index in [0.29, 0.717) is 13.1 Å². The van der Waals surface area contributed by atoms with Crippen LogP contribution in [0.4, 0.5) is 5.69 Å². The highest BCUT2D eigenvalue weighted by molar-refractivity contribution is 7.88. The number of aryl methyl sites for hydroxylation is 1. The van der Waals surface area contributed by atoms with Gasteiger partial charge in [-0.1, -0.05) is 0 Å². The predicted octanol–water partition coefficient (Wildman–Crippen LogP) is -0.0221. The number of pyridine rings is 1. The standard InChI is InChI=1S/C14H22N4O3S/c1-12-11-15-5-3-13(12)17-7-9-18(10-8-17)14(19)4-6-16-22(2,20)21/h3,5,11,16H,4,6-10H2,1-2H3. The average Bonchev–Trinajstić information content (AvgIpc) is 2.46. The molecular weight excluding hydrogens is 304 g/mol. The maximum absolute atomic E-state index is 12.1. The summed E-state index contributed by atoms with van der Waals surface area (Å²) in [6.07, 6.45) is 4.90. The third kappa shape index (κ3) is 4.67. The van der Waals surface area contributed by atoms with Crippen LogP contribution in [-0.4, -0.2) is 63.2 Å². The van der Waals surface area contributed by atoms with Gasteiger partial charge in [-0.3, -0.25) is 9.78 Å². The van der Waals surface area contributed by atoms with Gasteiger partial charge in [0.25, 0.3) is 0 Å². The summed E-state index contributed by atoms with van der Waals surface area (Å²) in [5, 5.41) is 0. The van der Waals surface area contributed by atoms with Crippen molar-refractivity contribution in [3.05, 3.63) is 24.0 Å². The van der Waals surface area contributed by atoms with Crippen LogP contribution in [0.3, 0.4) is 0 Å². The Bertz CT molecular complexity index is 625. The molecule has 0 unspecified atom stereocenters. The fraction of sp³-hybridized carbons (Fsp3) is 0.571. The number of amides is 1.